The second-order valence-corrected chi connectivity index (χ2v) is 7.82. The van der Waals surface area contributed by atoms with Crippen LogP contribution in [-0.2, 0) is 0 Å². The fourth-order valence-corrected chi connectivity index (χ4v) is 5.27. The first-order valence-corrected chi connectivity index (χ1v) is 8.76. The van der Waals surface area contributed by atoms with Crippen molar-refractivity contribution in [1.29, 1.82) is 0 Å². The molecule has 0 amide bonds. The molecule has 0 N–H and O–H groups in total. The summed E-state index contributed by atoms with van der Waals surface area (Å²) >= 11 is 0. The van der Waals surface area contributed by atoms with Crippen LogP contribution < -0.4 is 0 Å². The Labute approximate surface area is 136 Å². The van der Waals surface area contributed by atoms with Crippen LogP contribution in [0.5, 0.6) is 0 Å². The van der Waals surface area contributed by atoms with E-state index in [1.54, 1.807) is 24.3 Å². The molecule has 1 atom stereocenters. The predicted molar refractivity (Wildman–Crippen MR) is 89.4 cm³/mol. The molecule has 0 heterocycles. The van der Waals surface area contributed by atoms with E-state index < -0.39 is 10.9 Å². The second-order valence-electron chi connectivity index (χ2n) is 5.60. The van der Waals surface area contributed by atoms with Crippen molar-refractivity contribution in [3.63, 3.8) is 0 Å². The van der Waals surface area contributed by atoms with E-state index in [1.807, 2.05) is 13.0 Å². The molecule has 1 unspecified atom stereocenters. The van der Waals surface area contributed by atoms with Gasteiger partial charge in [-0.15, -0.1) is 0 Å². The Kier molecular flexibility index (Phi) is 4.62. The van der Waals surface area contributed by atoms with Crippen molar-refractivity contribution in [1.82, 2.24) is 0 Å². The third-order valence-corrected chi connectivity index (χ3v) is 6.60. The molecule has 120 valence electrons. The predicted octanol–water partition coefficient (Wildman–Crippen LogP) is 6.16. The van der Waals surface area contributed by atoms with Crippen LogP contribution in [0.1, 0.15) is 13.3 Å². The van der Waals surface area contributed by atoms with Gasteiger partial charge >= 0.3 is 0 Å². The molecule has 4 heteroatoms. The molecule has 0 bridgehead atoms. The largest absolute Gasteiger partial charge is 0.212 e. The first-order valence-electron chi connectivity index (χ1n) is 7.42. The van der Waals surface area contributed by atoms with Crippen LogP contribution in [0.3, 0.4) is 0 Å². The lowest BCUT2D eigenvalue weighted by atomic mass is 10.0. The van der Waals surface area contributed by atoms with Crippen molar-refractivity contribution in [2.45, 2.75) is 23.1 Å². The van der Waals surface area contributed by atoms with Gasteiger partial charge in [0.05, 0.1) is 0 Å². The Morgan fingerprint density at radius 1 is 0.783 bits per heavy atom. The molecule has 2 aromatic rings. The summed E-state index contributed by atoms with van der Waals surface area (Å²) in [6, 6.07) is 12.7. The van der Waals surface area contributed by atoms with Gasteiger partial charge in [0, 0.05) is 6.42 Å². The van der Waals surface area contributed by atoms with E-state index in [1.165, 1.54) is 30.3 Å². The summed E-state index contributed by atoms with van der Waals surface area (Å²) < 4.78 is 40.0. The molecule has 0 aliphatic heterocycles. The maximum atomic E-state index is 13.5. The molecule has 0 radical (unpaired) electrons. The Hall–Kier alpha value is -1.94. The summed E-state index contributed by atoms with van der Waals surface area (Å²) in [6.07, 6.45) is 3.69. The minimum Gasteiger partial charge on any atom is -0.212 e. The summed E-state index contributed by atoms with van der Waals surface area (Å²) in [6.45, 7) is 1.99. The van der Waals surface area contributed by atoms with Gasteiger partial charge in [0.2, 0.25) is 0 Å². The average molecular weight is 334 g/mol. The third kappa shape index (κ3) is 3.53. The van der Waals surface area contributed by atoms with Gasteiger partial charge in [-0.1, -0.05) is 13.0 Å². The minimum atomic E-state index is -0.936. The standard InChI is InChI=1S/C19H17F3S/c1-13-12-16(22)6-11-19(13)23(17-7-2-14(20)3-8-17)18-9-4-15(21)5-10-18/h2-11,13,23H,12H2,1H3. The van der Waals surface area contributed by atoms with E-state index >= 15 is 0 Å². The van der Waals surface area contributed by atoms with Crippen molar-refractivity contribution < 1.29 is 13.2 Å². The van der Waals surface area contributed by atoms with Crippen molar-refractivity contribution in [2.75, 3.05) is 0 Å². The zero-order valence-corrected chi connectivity index (χ0v) is 13.5. The van der Waals surface area contributed by atoms with Gasteiger partial charge in [-0.3, -0.25) is 0 Å². The fraction of sp³-hybridized carbons (Fsp3) is 0.158. The first kappa shape index (κ1) is 15.9. The molecular weight excluding hydrogens is 317 g/mol. The maximum Gasteiger partial charge on any atom is 0.123 e. The van der Waals surface area contributed by atoms with Gasteiger partial charge in [0.1, 0.15) is 17.5 Å². The third-order valence-electron chi connectivity index (χ3n) is 3.87. The number of halogens is 3. The van der Waals surface area contributed by atoms with Gasteiger partial charge < -0.3 is 0 Å². The number of hydrogen-bond acceptors (Lipinski definition) is 0. The van der Waals surface area contributed by atoms with E-state index in [-0.39, 0.29) is 23.4 Å². The second kappa shape index (κ2) is 6.67. The van der Waals surface area contributed by atoms with E-state index in [2.05, 4.69) is 0 Å². The molecule has 3 rings (SSSR count). The highest BCUT2D eigenvalue weighted by atomic mass is 32.2. The lowest BCUT2D eigenvalue weighted by Crippen LogP contribution is -2.05. The smallest absolute Gasteiger partial charge is 0.123 e. The molecule has 0 spiro atoms. The number of rotatable bonds is 3. The lowest BCUT2D eigenvalue weighted by molar-refractivity contribution is 0.531. The van der Waals surface area contributed by atoms with Crippen molar-refractivity contribution in [2.24, 2.45) is 5.92 Å². The van der Waals surface area contributed by atoms with Gasteiger partial charge in [0.15, 0.2) is 0 Å². The van der Waals surface area contributed by atoms with Crippen LogP contribution in [-0.4, -0.2) is 0 Å². The van der Waals surface area contributed by atoms with E-state index in [0.29, 0.717) is 6.42 Å². The zero-order chi connectivity index (χ0) is 16.4. The molecule has 1 aliphatic carbocycles. The Morgan fingerprint density at radius 3 is 1.70 bits per heavy atom. The van der Waals surface area contributed by atoms with Gasteiger partial charge in [-0.05, 0) is 75.2 Å². The Bertz CT molecular complexity index is 700. The number of thiol groups is 1. The Balaban J connectivity index is 2.10. The molecule has 0 saturated carbocycles. The molecule has 0 aromatic heterocycles. The highest BCUT2D eigenvalue weighted by Gasteiger charge is 2.23. The number of allylic oxidation sites excluding steroid dienone is 4. The molecule has 23 heavy (non-hydrogen) atoms. The molecule has 0 nitrogen and oxygen atoms in total. The van der Waals surface area contributed by atoms with Gasteiger partial charge in [0.25, 0.3) is 0 Å². The van der Waals surface area contributed by atoms with E-state index in [9.17, 15) is 13.2 Å². The monoisotopic (exact) mass is 334 g/mol. The Morgan fingerprint density at radius 2 is 1.26 bits per heavy atom. The number of benzene rings is 2. The zero-order valence-electron chi connectivity index (χ0n) is 12.6. The average Bonchev–Trinajstić information content (AvgIpc) is 2.53. The summed E-state index contributed by atoms with van der Waals surface area (Å²) in [5, 5.41) is 0. The van der Waals surface area contributed by atoms with Crippen molar-refractivity contribution in [3.8, 4) is 0 Å². The normalized spacial score (nSPS) is 18.3. The van der Waals surface area contributed by atoms with E-state index in [4.69, 9.17) is 0 Å². The lowest BCUT2D eigenvalue weighted by Gasteiger charge is -2.31. The molecule has 1 aliphatic rings. The van der Waals surface area contributed by atoms with Crippen LogP contribution in [0.25, 0.3) is 0 Å². The highest BCUT2D eigenvalue weighted by molar-refractivity contribution is 8.20. The summed E-state index contributed by atoms with van der Waals surface area (Å²) in [5.41, 5.74) is 0. The van der Waals surface area contributed by atoms with Gasteiger partial charge in [-0.25, -0.2) is 13.2 Å². The molecule has 0 fully saturated rings. The van der Waals surface area contributed by atoms with Gasteiger partial charge in [-0.2, -0.15) is 10.9 Å². The highest BCUT2D eigenvalue weighted by Crippen LogP contribution is 2.55. The molecule has 0 saturated heterocycles. The maximum absolute atomic E-state index is 13.5. The molecule has 2 aromatic carbocycles. The summed E-state index contributed by atoms with van der Waals surface area (Å²) in [5.74, 6) is -0.658. The molecular formula is C19H17F3S. The van der Waals surface area contributed by atoms with E-state index in [0.717, 1.165) is 14.7 Å². The quantitative estimate of drug-likeness (QED) is 0.638. The van der Waals surface area contributed by atoms with Crippen molar-refractivity contribution in [3.05, 3.63) is 83.0 Å². The number of hydrogen-bond donors (Lipinski definition) is 1. The van der Waals surface area contributed by atoms with Crippen LogP contribution in [0.4, 0.5) is 13.2 Å². The van der Waals surface area contributed by atoms with Crippen molar-refractivity contribution >= 4 is 10.9 Å². The van der Waals surface area contributed by atoms with Crippen LogP contribution in [0.15, 0.2) is 81.2 Å². The van der Waals surface area contributed by atoms with Crippen LogP contribution >= 0.6 is 10.9 Å². The SMILES string of the molecule is CC1CC(F)=CC=C1[SH](c1ccc(F)cc1)c1ccc(F)cc1. The summed E-state index contributed by atoms with van der Waals surface area (Å²) in [7, 11) is -0.936. The minimum absolute atomic E-state index is 0.0567. The first-order chi connectivity index (χ1) is 11.0. The fourth-order valence-electron chi connectivity index (χ4n) is 2.73. The summed E-state index contributed by atoms with van der Waals surface area (Å²) in [4.78, 5) is 3.06. The topological polar surface area (TPSA) is 0 Å². The van der Waals surface area contributed by atoms with Crippen LogP contribution in [0, 0.1) is 17.6 Å². The van der Waals surface area contributed by atoms with Crippen LogP contribution in [0.2, 0.25) is 0 Å².